The molecule has 1 heterocycles. The molecule has 0 spiro atoms. The molecule has 0 bridgehead atoms. The molecule has 124 valence electrons. The fourth-order valence-electron chi connectivity index (χ4n) is 2.36. The molecule has 2 amide bonds. The van der Waals surface area contributed by atoms with Crippen molar-refractivity contribution in [2.24, 2.45) is 5.73 Å². The lowest BCUT2D eigenvalue weighted by Gasteiger charge is -2.28. The lowest BCUT2D eigenvalue weighted by Crippen LogP contribution is -2.49. The van der Waals surface area contributed by atoms with Crippen LogP contribution in [0.25, 0.3) is 0 Å². The van der Waals surface area contributed by atoms with Gasteiger partial charge in [-0.1, -0.05) is 0 Å². The van der Waals surface area contributed by atoms with Crippen molar-refractivity contribution in [3.05, 3.63) is 20.8 Å². The minimum atomic E-state index is -0.547. The van der Waals surface area contributed by atoms with Gasteiger partial charge >= 0.3 is 0 Å². The number of halogens is 2. The number of carbonyl (C=O) groups is 2. The largest absolute Gasteiger partial charge is 0.352 e. The number of hydrogen-bond acceptors (Lipinski definition) is 4. The van der Waals surface area contributed by atoms with E-state index in [0.717, 1.165) is 29.5 Å². The van der Waals surface area contributed by atoms with E-state index in [1.807, 2.05) is 6.07 Å². The number of rotatable bonds is 4. The van der Waals surface area contributed by atoms with E-state index >= 15 is 0 Å². The van der Waals surface area contributed by atoms with E-state index in [1.165, 1.54) is 11.3 Å². The van der Waals surface area contributed by atoms with Crippen LogP contribution in [-0.4, -0.2) is 29.9 Å². The standard InChI is InChI=1S/C14H20BrN3O2S.ClH/c1-8(17-14(20)11-6-7-12(15)21-11)13(19)18-10-4-2-9(16)3-5-10;/h6-10H,2-5,16H2,1H3,(H,17,20)(H,18,19);1H. The van der Waals surface area contributed by atoms with Crippen molar-refractivity contribution >= 4 is 51.5 Å². The van der Waals surface area contributed by atoms with Gasteiger partial charge in [-0.3, -0.25) is 9.59 Å². The fraction of sp³-hybridized carbons (Fsp3) is 0.571. The van der Waals surface area contributed by atoms with Crippen LogP contribution < -0.4 is 16.4 Å². The van der Waals surface area contributed by atoms with Crippen LogP contribution in [0.3, 0.4) is 0 Å². The van der Waals surface area contributed by atoms with Gasteiger partial charge < -0.3 is 16.4 Å². The molecule has 0 aliphatic heterocycles. The molecular formula is C14H21BrClN3O2S. The smallest absolute Gasteiger partial charge is 0.262 e. The predicted octanol–water partition coefficient (Wildman–Crippen LogP) is 2.44. The maximum absolute atomic E-state index is 12.1. The highest BCUT2D eigenvalue weighted by Gasteiger charge is 2.23. The van der Waals surface area contributed by atoms with Gasteiger partial charge in [0.2, 0.25) is 5.91 Å². The lowest BCUT2D eigenvalue weighted by atomic mass is 9.91. The summed E-state index contributed by atoms with van der Waals surface area (Å²) in [5, 5.41) is 5.71. The second-order valence-corrected chi connectivity index (χ2v) is 7.88. The molecule has 0 saturated heterocycles. The summed E-state index contributed by atoms with van der Waals surface area (Å²) in [6.45, 7) is 1.70. The molecule has 2 rings (SSSR count). The van der Waals surface area contributed by atoms with Crippen LogP contribution in [0.15, 0.2) is 15.9 Å². The Labute approximate surface area is 148 Å². The van der Waals surface area contributed by atoms with Gasteiger partial charge in [0.25, 0.3) is 5.91 Å². The highest BCUT2D eigenvalue weighted by atomic mass is 79.9. The molecule has 5 nitrogen and oxygen atoms in total. The van der Waals surface area contributed by atoms with Crippen molar-refractivity contribution in [3.8, 4) is 0 Å². The second-order valence-electron chi connectivity index (χ2n) is 5.42. The summed E-state index contributed by atoms with van der Waals surface area (Å²) in [5.74, 6) is -0.363. The molecule has 1 atom stereocenters. The van der Waals surface area contributed by atoms with Crippen LogP contribution in [0.5, 0.6) is 0 Å². The van der Waals surface area contributed by atoms with Gasteiger partial charge in [0.1, 0.15) is 6.04 Å². The molecule has 1 saturated carbocycles. The maximum Gasteiger partial charge on any atom is 0.262 e. The molecule has 1 aromatic heterocycles. The number of amides is 2. The van der Waals surface area contributed by atoms with Gasteiger partial charge in [0.15, 0.2) is 0 Å². The van der Waals surface area contributed by atoms with Crippen molar-refractivity contribution in [1.82, 2.24) is 10.6 Å². The third kappa shape index (κ3) is 5.53. The van der Waals surface area contributed by atoms with Gasteiger partial charge in [-0.25, -0.2) is 0 Å². The highest BCUT2D eigenvalue weighted by Crippen LogP contribution is 2.22. The van der Waals surface area contributed by atoms with Crippen LogP contribution in [0.2, 0.25) is 0 Å². The molecule has 0 radical (unpaired) electrons. The number of thiophene rings is 1. The Morgan fingerprint density at radius 2 is 1.95 bits per heavy atom. The molecule has 1 fully saturated rings. The third-order valence-corrected chi connectivity index (χ3v) is 5.28. The van der Waals surface area contributed by atoms with E-state index in [2.05, 4.69) is 26.6 Å². The molecule has 4 N–H and O–H groups in total. The van der Waals surface area contributed by atoms with Crippen molar-refractivity contribution < 1.29 is 9.59 Å². The van der Waals surface area contributed by atoms with Crippen LogP contribution in [0.4, 0.5) is 0 Å². The zero-order valence-corrected chi connectivity index (χ0v) is 15.5. The van der Waals surface area contributed by atoms with Crippen molar-refractivity contribution in [3.63, 3.8) is 0 Å². The fourth-order valence-corrected chi connectivity index (χ4v) is 3.65. The Balaban J connectivity index is 0.00000242. The van der Waals surface area contributed by atoms with Crippen LogP contribution in [0, 0.1) is 0 Å². The minimum Gasteiger partial charge on any atom is -0.352 e. The highest BCUT2D eigenvalue weighted by molar-refractivity contribution is 9.11. The third-order valence-electron chi connectivity index (χ3n) is 3.66. The first-order valence-electron chi connectivity index (χ1n) is 7.08. The van der Waals surface area contributed by atoms with E-state index in [1.54, 1.807) is 13.0 Å². The Bertz CT molecular complexity index is 518. The van der Waals surface area contributed by atoms with E-state index in [4.69, 9.17) is 5.73 Å². The Morgan fingerprint density at radius 1 is 1.32 bits per heavy atom. The van der Waals surface area contributed by atoms with Crippen LogP contribution in [0.1, 0.15) is 42.3 Å². The van der Waals surface area contributed by atoms with Gasteiger partial charge in [0, 0.05) is 12.1 Å². The topological polar surface area (TPSA) is 84.2 Å². The zero-order chi connectivity index (χ0) is 15.4. The number of nitrogens with one attached hydrogen (secondary N) is 2. The average Bonchev–Trinajstić information content (AvgIpc) is 2.88. The van der Waals surface area contributed by atoms with Crippen molar-refractivity contribution in [2.75, 3.05) is 0 Å². The van der Waals surface area contributed by atoms with Crippen LogP contribution in [-0.2, 0) is 4.79 Å². The molecule has 0 aromatic carbocycles. The number of nitrogens with two attached hydrogens (primary N) is 1. The second kappa shape index (κ2) is 8.86. The molecule has 1 unspecified atom stereocenters. The van der Waals surface area contributed by atoms with E-state index in [0.29, 0.717) is 4.88 Å². The van der Waals surface area contributed by atoms with E-state index in [-0.39, 0.29) is 36.3 Å². The van der Waals surface area contributed by atoms with E-state index < -0.39 is 6.04 Å². The Hall–Kier alpha value is -0.630. The summed E-state index contributed by atoms with van der Waals surface area (Å²) in [6.07, 6.45) is 3.70. The Kier molecular flexibility index (Phi) is 7.82. The molecule has 1 aliphatic rings. The van der Waals surface area contributed by atoms with E-state index in [9.17, 15) is 9.59 Å². The molecule has 22 heavy (non-hydrogen) atoms. The van der Waals surface area contributed by atoms with Gasteiger partial charge in [-0.05, 0) is 60.7 Å². The van der Waals surface area contributed by atoms with Gasteiger partial charge in [0.05, 0.1) is 8.66 Å². The van der Waals surface area contributed by atoms with Crippen LogP contribution >= 0.6 is 39.7 Å². The predicted molar refractivity (Wildman–Crippen MR) is 94.6 cm³/mol. The first-order valence-corrected chi connectivity index (χ1v) is 8.69. The normalized spacial score (nSPS) is 22.3. The molecule has 1 aliphatic carbocycles. The zero-order valence-electron chi connectivity index (χ0n) is 12.3. The summed E-state index contributed by atoms with van der Waals surface area (Å²) in [7, 11) is 0. The Morgan fingerprint density at radius 3 is 2.50 bits per heavy atom. The molecule has 1 aromatic rings. The van der Waals surface area contributed by atoms with Crippen molar-refractivity contribution in [2.45, 2.75) is 50.7 Å². The first-order chi connectivity index (χ1) is 9.95. The summed E-state index contributed by atoms with van der Waals surface area (Å²) in [4.78, 5) is 24.7. The SMILES string of the molecule is CC(NC(=O)c1ccc(Br)s1)C(=O)NC1CCC(N)CC1.Cl. The van der Waals surface area contributed by atoms with Gasteiger partial charge in [-0.2, -0.15) is 0 Å². The quantitative estimate of drug-likeness (QED) is 0.713. The molecule has 8 heteroatoms. The number of hydrogen-bond donors (Lipinski definition) is 3. The monoisotopic (exact) mass is 409 g/mol. The maximum atomic E-state index is 12.1. The first kappa shape index (κ1) is 19.4. The number of carbonyl (C=O) groups excluding carboxylic acids is 2. The molecular weight excluding hydrogens is 390 g/mol. The summed E-state index contributed by atoms with van der Waals surface area (Å²) in [6, 6.07) is 3.43. The van der Waals surface area contributed by atoms with Gasteiger partial charge in [-0.15, -0.1) is 23.7 Å². The van der Waals surface area contributed by atoms with Crippen molar-refractivity contribution in [1.29, 1.82) is 0 Å². The summed E-state index contributed by atoms with van der Waals surface area (Å²) in [5.41, 5.74) is 5.85. The lowest BCUT2D eigenvalue weighted by molar-refractivity contribution is -0.123. The summed E-state index contributed by atoms with van der Waals surface area (Å²) >= 11 is 4.66. The summed E-state index contributed by atoms with van der Waals surface area (Å²) < 4.78 is 0.892. The minimum absolute atomic E-state index is 0. The average molecular weight is 411 g/mol.